The van der Waals surface area contributed by atoms with Crippen LogP contribution in [0.3, 0.4) is 0 Å². The maximum Gasteiger partial charge on any atom is 0.107 e. The van der Waals surface area contributed by atoms with Gasteiger partial charge in [0.2, 0.25) is 0 Å². The van der Waals surface area contributed by atoms with Crippen molar-refractivity contribution >= 4 is 0 Å². The first-order valence-corrected chi connectivity index (χ1v) is 7.19. The van der Waals surface area contributed by atoms with Crippen molar-refractivity contribution in [3.8, 4) is 0 Å². The van der Waals surface area contributed by atoms with Crippen molar-refractivity contribution in [1.29, 1.82) is 0 Å². The van der Waals surface area contributed by atoms with Gasteiger partial charge in [-0.15, -0.1) is 0 Å². The van der Waals surface area contributed by atoms with E-state index in [0.29, 0.717) is 0 Å². The number of methoxy groups -OCH3 is 1. The van der Waals surface area contributed by atoms with Crippen LogP contribution in [-0.4, -0.2) is 38.0 Å². The number of hydrogen-bond acceptors (Lipinski definition) is 3. The first-order valence-electron chi connectivity index (χ1n) is 7.19. The zero-order valence-electron chi connectivity index (χ0n) is 11.0. The van der Waals surface area contributed by atoms with E-state index in [1.165, 1.54) is 44.9 Å². The van der Waals surface area contributed by atoms with E-state index >= 15 is 0 Å². The van der Waals surface area contributed by atoms with Gasteiger partial charge < -0.3 is 14.8 Å². The Morgan fingerprint density at radius 3 is 2.59 bits per heavy atom. The van der Waals surface area contributed by atoms with Gasteiger partial charge in [-0.25, -0.2) is 0 Å². The second-order valence-electron chi connectivity index (χ2n) is 6.22. The SMILES string of the molecule is COCC1(C2CC2)CNCC2(CCCCC2)O1. The Balaban J connectivity index is 1.75. The summed E-state index contributed by atoms with van der Waals surface area (Å²) in [6.45, 7) is 2.78. The predicted octanol–water partition coefficient (Wildman–Crippen LogP) is 2.10. The smallest absolute Gasteiger partial charge is 0.107 e. The minimum atomic E-state index is -0.0235. The minimum absolute atomic E-state index is 0.0235. The number of nitrogens with one attached hydrogen (secondary N) is 1. The van der Waals surface area contributed by atoms with Crippen LogP contribution < -0.4 is 5.32 Å². The second-order valence-corrected chi connectivity index (χ2v) is 6.22. The summed E-state index contributed by atoms with van der Waals surface area (Å²) in [6.07, 6.45) is 9.15. The molecule has 1 spiro atoms. The first kappa shape index (κ1) is 11.9. The molecule has 1 N–H and O–H groups in total. The van der Waals surface area contributed by atoms with Crippen LogP contribution in [0.25, 0.3) is 0 Å². The summed E-state index contributed by atoms with van der Waals surface area (Å²) >= 11 is 0. The third-order valence-corrected chi connectivity index (χ3v) is 4.77. The molecule has 1 saturated heterocycles. The fraction of sp³-hybridized carbons (Fsp3) is 1.00. The van der Waals surface area contributed by atoms with E-state index in [2.05, 4.69) is 5.32 Å². The minimum Gasteiger partial charge on any atom is -0.382 e. The molecular weight excluding hydrogens is 214 g/mol. The highest BCUT2D eigenvalue weighted by molar-refractivity contribution is 5.05. The Hall–Kier alpha value is -0.120. The highest BCUT2D eigenvalue weighted by Gasteiger charge is 2.53. The lowest BCUT2D eigenvalue weighted by molar-refractivity contribution is -0.217. The van der Waals surface area contributed by atoms with Crippen LogP contribution in [0.5, 0.6) is 0 Å². The monoisotopic (exact) mass is 239 g/mol. The molecule has 0 aromatic rings. The average Bonchev–Trinajstić information content (AvgIpc) is 3.14. The van der Waals surface area contributed by atoms with Gasteiger partial charge in [0.1, 0.15) is 5.60 Å². The molecule has 3 aliphatic rings. The third-order valence-electron chi connectivity index (χ3n) is 4.77. The fourth-order valence-corrected chi connectivity index (χ4v) is 3.76. The molecule has 0 bridgehead atoms. The van der Waals surface area contributed by atoms with Gasteiger partial charge in [-0.1, -0.05) is 19.3 Å². The molecule has 0 radical (unpaired) electrons. The standard InChI is InChI=1S/C14H25NO2/c1-16-11-14(12-5-6-12)10-15-9-13(17-14)7-3-2-4-8-13/h12,15H,2-11H2,1H3. The van der Waals surface area contributed by atoms with E-state index in [9.17, 15) is 0 Å². The summed E-state index contributed by atoms with van der Waals surface area (Å²) in [5, 5.41) is 3.64. The van der Waals surface area contributed by atoms with Crippen LogP contribution in [0.4, 0.5) is 0 Å². The molecule has 1 heterocycles. The predicted molar refractivity (Wildman–Crippen MR) is 67.1 cm³/mol. The Morgan fingerprint density at radius 2 is 1.94 bits per heavy atom. The van der Waals surface area contributed by atoms with Crippen LogP contribution in [0.15, 0.2) is 0 Å². The van der Waals surface area contributed by atoms with Crippen LogP contribution in [-0.2, 0) is 9.47 Å². The molecule has 0 aromatic heterocycles. The number of hydrogen-bond donors (Lipinski definition) is 1. The normalized spacial score (nSPS) is 37.2. The molecule has 2 saturated carbocycles. The lowest BCUT2D eigenvalue weighted by atomic mass is 9.81. The van der Waals surface area contributed by atoms with Crippen molar-refractivity contribution in [2.45, 2.75) is 56.1 Å². The highest BCUT2D eigenvalue weighted by Crippen LogP contribution is 2.47. The van der Waals surface area contributed by atoms with E-state index in [0.717, 1.165) is 25.6 Å². The maximum atomic E-state index is 6.68. The van der Waals surface area contributed by atoms with E-state index in [1.807, 2.05) is 0 Å². The van der Waals surface area contributed by atoms with Crippen LogP contribution in [0, 0.1) is 5.92 Å². The van der Waals surface area contributed by atoms with Crippen molar-refractivity contribution in [2.24, 2.45) is 5.92 Å². The number of rotatable bonds is 3. The zero-order chi connectivity index (χ0) is 11.8. The van der Waals surface area contributed by atoms with E-state index in [1.54, 1.807) is 7.11 Å². The molecule has 3 nitrogen and oxygen atoms in total. The lowest BCUT2D eigenvalue weighted by Crippen LogP contribution is -2.63. The Morgan fingerprint density at radius 1 is 1.18 bits per heavy atom. The molecule has 2 aliphatic carbocycles. The largest absolute Gasteiger partial charge is 0.382 e. The van der Waals surface area contributed by atoms with Gasteiger partial charge in [-0.2, -0.15) is 0 Å². The number of morpholine rings is 1. The van der Waals surface area contributed by atoms with Gasteiger partial charge in [0.25, 0.3) is 0 Å². The molecule has 1 unspecified atom stereocenters. The quantitative estimate of drug-likeness (QED) is 0.818. The summed E-state index contributed by atoms with van der Waals surface area (Å²) < 4.78 is 12.1. The molecule has 3 heteroatoms. The van der Waals surface area contributed by atoms with Gasteiger partial charge in [0.15, 0.2) is 0 Å². The average molecular weight is 239 g/mol. The van der Waals surface area contributed by atoms with Crippen molar-refractivity contribution in [1.82, 2.24) is 5.32 Å². The summed E-state index contributed by atoms with van der Waals surface area (Å²) in [5.74, 6) is 0.731. The summed E-state index contributed by atoms with van der Waals surface area (Å²) in [7, 11) is 1.80. The van der Waals surface area contributed by atoms with Crippen molar-refractivity contribution in [3.05, 3.63) is 0 Å². The number of ether oxygens (including phenoxy) is 2. The van der Waals surface area contributed by atoms with Gasteiger partial charge in [0.05, 0.1) is 12.2 Å². The van der Waals surface area contributed by atoms with Crippen LogP contribution >= 0.6 is 0 Å². The van der Waals surface area contributed by atoms with Gasteiger partial charge in [-0.05, 0) is 31.6 Å². The maximum absolute atomic E-state index is 6.68. The molecule has 3 fully saturated rings. The van der Waals surface area contributed by atoms with Crippen molar-refractivity contribution in [3.63, 3.8) is 0 Å². The van der Waals surface area contributed by atoms with E-state index in [4.69, 9.17) is 9.47 Å². The zero-order valence-corrected chi connectivity index (χ0v) is 11.0. The Labute approximate surface area is 104 Å². The van der Waals surface area contributed by atoms with E-state index in [-0.39, 0.29) is 11.2 Å². The van der Waals surface area contributed by atoms with Crippen molar-refractivity contribution < 1.29 is 9.47 Å². The first-order chi connectivity index (χ1) is 8.29. The summed E-state index contributed by atoms with van der Waals surface area (Å²) in [5.41, 5.74) is 0.0992. The molecule has 0 aromatic carbocycles. The molecule has 1 atom stereocenters. The summed E-state index contributed by atoms with van der Waals surface area (Å²) in [6, 6.07) is 0. The fourth-order valence-electron chi connectivity index (χ4n) is 3.76. The Kier molecular flexibility index (Phi) is 3.18. The molecule has 17 heavy (non-hydrogen) atoms. The molecule has 0 amide bonds. The van der Waals surface area contributed by atoms with Crippen LogP contribution in [0.1, 0.15) is 44.9 Å². The van der Waals surface area contributed by atoms with Gasteiger partial charge in [0, 0.05) is 20.2 Å². The molecular formula is C14H25NO2. The van der Waals surface area contributed by atoms with Gasteiger partial charge in [-0.3, -0.25) is 0 Å². The molecule has 1 aliphatic heterocycles. The van der Waals surface area contributed by atoms with Gasteiger partial charge >= 0.3 is 0 Å². The lowest BCUT2D eigenvalue weighted by Gasteiger charge is -2.50. The van der Waals surface area contributed by atoms with E-state index < -0.39 is 0 Å². The topological polar surface area (TPSA) is 30.5 Å². The molecule has 98 valence electrons. The molecule has 3 rings (SSSR count). The van der Waals surface area contributed by atoms with Crippen LogP contribution in [0.2, 0.25) is 0 Å². The Bertz CT molecular complexity index is 262. The second kappa shape index (κ2) is 4.52. The highest BCUT2D eigenvalue weighted by atomic mass is 16.6. The van der Waals surface area contributed by atoms with Crippen molar-refractivity contribution in [2.75, 3.05) is 26.8 Å². The third kappa shape index (κ3) is 2.25. The summed E-state index contributed by atoms with van der Waals surface area (Å²) in [4.78, 5) is 0.